The summed E-state index contributed by atoms with van der Waals surface area (Å²) in [5.74, 6) is 0.129. The van der Waals surface area contributed by atoms with Crippen LogP contribution >= 0.6 is 0 Å². The van der Waals surface area contributed by atoms with Gasteiger partial charge in [-0.3, -0.25) is 4.79 Å². The molecule has 0 aromatic carbocycles. The Morgan fingerprint density at radius 3 is 2.56 bits per heavy atom. The van der Waals surface area contributed by atoms with Crippen molar-refractivity contribution in [3.8, 4) is 0 Å². The number of likely N-dealkylation sites (tertiary alicyclic amines) is 1. The normalized spacial score (nSPS) is 28.0. The third-order valence-corrected chi connectivity index (χ3v) is 3.88. The van der Waals surface area contributed by atoms with Gasteiger partial charge in [0.15, 0.2) is 0 Å². The van der Waals surface area contributed by atoms with Crippen molar-refractivity contribution >= 4 is 5.97 Å². The molecule has 1 fully saturated rings. The summed E-state index contributed by atoms with van der Waals surface area (Å²) in [5, 5.41) is 9.06. The summed E-state index contributed by atoms with van der Waals surface area (Å²) in [5.41, 5.74) is -0.594. The Morgan fingerprint density at radius 2 is 2.06 bits per heavy atom. The van der Waals surface area contributed by atoms with Crippen LogP contribution in [0.5, 0.6) is 0 Å². The first kappa shape index (κ1) is 13.5. The molecular formula is C13H25NO2. The van der Waals surface area contributed by atoms with Crippen molar-refractivity contribution < 1.29 is 9.90 Å². The molecule has 0 spiro atoms. The third-order valence-electron chi connectivity index (χ3n) is 3.88. The fourth-order valence-corrected chi connectivity index (χ4v) is 2.32. The first-order valence-electron chi connectivity index (χ1n) is 6.30. The second kappa shape index (κ2) is 5.17. The number of hydrogen-bond acceptors (Lipinski definition) is 2. The Labute approximate surface area is 98.8 Å². The quantitative estimate of drug-likeness (QED) is 0.802. The van der Waals surface area contributed by atoms with Crippen LogP contribution in [0.1, 0.15) is 47.0 Å². The van der Waals surface area contributed by atoms with Gasteiger partial charge in [-0.25, -0.2) is 0 Å². The lowest BCUT2D eigenvalue weighted by Gasteiger charge is -2.37. The zero-order valence-corrected chi connectivity index (χ0v) is 11.0. The van der Waals surface area contributed by atoms with Gasteiger partial charge in [0.05, 0.1) is 5.41 Å². The minimum atomic E-state index is -0.689. The monoisotopic (exact) mass is 227 g/mol. The molecule has 0 bridgehead atoms. The number of piperidine rings is 1. The predicted molar refractivity (Wildman–Crippen MR) is 65.5 cm³/mol. The molecule has 1 rings (SSSR count). The predicted octanol–water partition coefficient (Wildman–Crippen LogP) is 2.61. The Hall–Kier alpha value is -0.570. The zero-order chi connectivity index (χ0) is 12.3. The van der Waals surface area contributed by atoms with Gasteiger partial charge in [0.2, 0.25) is 0 Å². The Kier molecular flexibility index (Phi) is 4.36. The van der Waals surface area contributed by atoms with Crippen LogP contribution in [0.2, 0.25) is 0 Å². The number of nitrogens with zero attached hydrogens (tertiary/aromatic N) is 1. The van der Waals surface area contributed by atoms with Crippen LogP contribution in [-0.4, -0.2) is 35.1 Å². The average molecular weight is 227 g/mol. The number of rotatable bonds is 4. The van der Waals surface area contributed by atoms with Gasteiger partial charge >= 0.3 is 5.97 Å². The fraction of sp³-hybridized carbons (Fsp3) is 0.923. The van der Waals surface area contributed by atoms with Gasteiger partial charge in [-0.1, -0.05) is 6.92 Å². The average Bonchev–Trinajstić information content (AvgIpc) is 2.16. The van der Waals surface area contributed by atoms with Crippen molar-refractivity contribution in [3.05, 3.63) is 0 Å². The highest BCUT2D eigenvalue weighted by molar-refractivity contribution is 5.73. The minimum absolute atomic E-state index is 0.594. The van der Waals surface area contributed by atoms with E-state index in [0.717, 1.165) is 25.4 Å². The van der Waals surface area contributed by atoms with Gasteiger partial charge in [-0.2, -0.15) is 0 Å². The topological polar surface area (TPSA) is 40.5 Å². The van der Waals surface area contributed by atoms with E-state index in [1.165, 1.54) is 12.8 Å². The summed E-state index contributed by atoms with van der Waals surface area (Å²) >= 11 is 0. The van der Waals surface area contributed by atoms with Gasteiger partial charge in [0.25, 0.3) is 0 Å². The molecule has 1 aliphatic heterocycles. The molecule has 1 saturated heterocycles. The summed E-state index contributed by atoms with van der Waals surface area (Å²) < 4.78 is 0. The van der Waals surface area contributed by atoms with Crippen molar-refractivity contribution in [1.82, 2.24) is 4.90 Å². The first-order valence-corrected chi connectivity index (χ1v) is 6.30. The summed E-state index contributed by atoms with van der Waals surface area (Å²) in [6.07, 6.45) is 3.23. The summed E-state index contributed by atoms with van der Waals surface area (Å²) in [4.78, 5) is 13.4. The molecule has 3 nitrogen and oxygen atoms in total. The smallest absolute Gasteiger partial charge is 0.309 e. The highest BCUT2D eigenvalue weighted by atomic mass is 16.4. The minimum Gasteiger partial charge on any atom is -0.481 e. The highest BCUT2D eigenvalue weighted by Crippen LogP contribution is 2.26. The van der Waals surface area contributed by atoms with E-state index in [2.05, 4.69) is 18.7 Å². The van der Waals surface area contributed by atoms with Crippen LogP contribution in [0.3, 0.4) is 0 Å². The molecule has 2 unspecified atom stereocenters. The lowest BCUT2D eigenvalue weighted by atomic mass is 9.87. The lowest BCUT2D eigenvalue weighted by Crippen LogP contribution is -2.42. The second-order valence-electron chi connectivity index (χ2n) is 5.95. The fourth-order valence-electron chi connectivity index (χ4n) is 2.32. The molecule has 16 heavy (non-hydrogen) atoms. The molecule has 0 amide bonds. The van der Waals surface area contributed by atoms with Crippen molar-refractivity contribution in [2.75, 3.05) is 13.1 Å². The van der Waals surface area contributed by atoms with Crippen LogP contribution < -0.4 is 0 Å². The number of carboxylic acid groups (broad SMARTS) is 1. The van der Waals surface area contributed by atoms with E-state index < -0.39 is 11.4 Å². The molecule has 3 heteroatoms. The lowest BCUT2D eigenvalue weighted by molar-refractivity contribution is -0.147. The van der Waals surface area contributed by atoms with Crippen molar-refractivity contribution in [3.63, 3.8) is 0 Å². The molecule has 1 heterocycles. The Balaban J connectivity index is 2.41. The van der Waals surface area contributed by atoms with E-state index in [-0.39, 0.29) is 0 Å². The zero-order valence-electron chi connectivity index (χ0n) is 11.0. The molecule has 0 aliphatic carbocycles. The third kappa shape index (κ3) is 3.48. The molecule has 1 N–H and O–H groups in total. The number of aliphatic carboxylic acids is 1. The molecular weight excluding hydrogens is 202 g/mol. The van der Waals surface area contributed by atoms with Gasteiger partial charge < -0.3 is 10.0 Å². The van der Waals surface area contributed by atoms with Gasteiger partial charge in [-0.05, 0) is 59.0 Å². The number of carboxylic acids is 1. The summed E-state index contributed by atoms with van der Waals surface area (Å²) in [6, 6.07) is 0.605. The van der Waals surface area contributed by atoms with E-state index in [1.807, 2.05) is 13.8 Å². The van der Waals surface area contributed by atoms with Crippen molar-refractivity contribution in [2.45, 2.75) is 53.0 Å². The highest BCUT2D eigenvalue weighted by Gasteiger charge is 2.29. The van der Waals surface area contributed by atoms with Crippen LogP contribution in [0, 0.1) is 11.3 Å². The molecule has 0 aromatic rings. The standard InChI is InChI=1S/C13H25NO2/c1-10-5-7-14(11(2)9-10)8-6-13(3,4)12(15)16/h10-11H,5-9H2,1-4H3,(H,15,16). The Bertz CT molecular complexity index is 250. The van der Waals surface area contributed by atoms with Crippen LogP contribution in [0.25, 0.3) is 0 Å². The van der Waals surface area contributed by atoms with Crippen LogP contribution in [0.15, 0.2) is 0 Å². The SMILES string of the molecule is CC1CCN(CCC(C)(C)C(=O)O)C(C)C1. The van der Waals surface area contributed by atoms with Crippen molar-refractivity contribution in [2.24, 2.45) is 11.3 Å². The molecule has 2 atom stereocenters. The molecule has 94 valence electrons. The number of hydrogen-bond donors (Lipinski definition) is 1. The van der Waals surface area contributed by atoms with E-state index in [1.54, 1.807) is 0 Å². The van der Waals surface area contributed by atoms with E-state index >= 15 is 0 Å². The maximum Gasteiger partial charge on any atom is 0.309 e. The molecule has 0 radical (unpaired) electrons. The maximum atomic E-state index is 11.0. The summed E-state index contributed by atoms with van der Waals surface area (Å²) in [6.45, 7) is 10.2. The Morgan fingerprint density at radius 1 is 1.44 bits per heavy atom. The van der Waals surface area contributed by atoms with Gasteiger partial charge in [0, 0.05) is 6.04 Å². The first-order chi connectivity index (χ1) is 7.33. The number of carbonyl (C=O) groups is 1. The van der Waals surface area contributed by atoms with Gasteiger partial charge in [0.1, 0.15) is 0 Å². The summed E-state index contributed by atoms with van der Waals surface area (Å²) in [7, 11) is 0. The van der Waals surface area contributed by atoms with Crippen LogP contribution in [0.4, 0.5) is 0 Å². The molecule has 0 saturated carbocycles. The van der Waals surface area contributed by atoms with Gasteiger partial charge in [-0.15, -0.1) is 0 Å². The van der Waals surface area contributed by atoms with E-state index in [0.29, 0.717) is 6.04 Å². The van der Waals surface area contributed by atoms with E-state index in [9.17, 15) is 4.79 Å². The second-order valence-corrected chi connectivity index (χ2v) is 5.95. The molecule has 0 aromatic heterocycles. The maximum absolute atomic E-state index is 11.0. The largest absolute Gasteiger partial charge is 0.481 e. The van der Waals surface area contributed by atoms with E-state index in [4.69, 9.17) is 5.11 Å². The van der Waals surface area contributed by atoms with Crippen molar-refractivity contribution in [1.29, 1.82) is 0 Å². The van der Waals surface area contributed by atoms with Crippen LogP contribution in [-0.2, 0) is 4.79 Å². The molecule has 1 aliphatic rings.